The Bertz CT molecular complexity index is 1300. The summed E-state index contributed by atoms with van der Waals surface area (Å²) < 4.78 is 9.67. The molecular weight excluding hydrogens is 485 g/mol. The number of rotatable bonds is 9. The van der Waals surface area contributed by atoms with E-state index in [2.05, 4.69) is 79.7 Å². The molecule has 35 heavy (non-hydrogen) atoms. The molecule has 0 saturated carbocycles. The van der Waals surface area contributed by atoms with Crippen molar-refractivity contribution in [1.82, 2.24) is 8.75 Å². The molecule has 1 aromatic carbocycles. The number of hydrogen-bond donors (Lipinski definition) is 0. The number of fused-ring (bicyclic) bond motifs is 1. The highest BCUT2D eigenvalue weighted by molar-refractivity contribution is 7.16. The Morgan fingerprint density at radius 1 is 0.771 bits per heavy atom. The van der Waals surface area contributed by atoms with Gasteiger partial charge >= 0.3 is 0 Å². The Kier molecular flexibility index (Phi) is 7.90. The third kappa shape index (κ3) is 5.42. The molecule has 5 heteroatoms. The van der Waals surface area contributed by atoms with E-state index in [-0.39, 0.29) is 10.8 Å². The lowest BCUT2D eigenvalue weighted by Crippen LogP contribution is -2.13. The minimum Gasteiger partial charge on any atom is -0.172 e. The van der Waals surface area contributed by atoms with Gasteiger partial charge < -0.3 is 0 Å². The molecule has 0 bridgehead atoms. The molecule has 0 fully saturated rings. The second-order valence-corrected chi connectivity index (χ2v) is 14.1. The van der Waals surface area contributed by atoms with Crippen molar-refractivity contribution in [1.29, 1.82) is 0 Å². The zero-order valence-electron chi connectivity index (χ0n) is 22.7. The average molecular weight is 525 g/mol. The van der Waals surface area contributed by atoms with E-state index in [0.717, 1.165) is 23.9 Å². The molecule has 0 aliphatic carbocycles. The summed E-state index contributed by atoms with van der Waals surface area (Å²) in [5.41, 5.74) is 7.78. The number of aryl methyl sites for hydroxylation is 2. The number of aromatic nitrogens is 2. The fourth-order valence-corrected chi connectivity index (χ4v) is 7.68. The van der Waals surface area contributed by atoms with Crippen LogP contribution in [0.4, 0.5) is 0 Å². The van der Waals surface area contributed by atoms with E-state index in [1.807, 2.05) is 22.7 Å². The Hall–Kier alpha value is -1.56. The Morgan fingerprint density at radius 3 is 1.97 bits per heavy atom. The first-order valence-corrected chi connectivity index (χ1v) is 15.4. The van der Waals surface area contributed by atoms with Gasteiger partial charge in [0.1, 0.15) is 11.0 Å². The highest BCUT2D eigenvalue weighted by Gasteiger charge is 2.26. The normalized spacial score (nSPS) is 12.7. The minimum absolute atomic E-state index is 0.152. The molecule has 4 aromatic rings. The van der Waals surface area contributed by atoms with Crippen molar-refractivity contribution in [3.8, 4) is 20.9 Å². The van der Waals surface area contributed by atoms with Crippen molar-refractivity contribution in [2.75, 3.05) is 0 Å². The summed E-state index contributed by atoms with van der Waals surface area (Å²) >= 11 is 5.23. The van der Waals surface area contributed by atoms with E-state index in [4.69, 9.17) is 8.75 Å². The second-order valence-electron chi connectivity index (χ2n) is 11.5. The van der Waals surface area contributed by atoms with Crippen LogP contribution >= 0.6 is 34.4 Å². The van der Waals surface area contributed by atoms with Crippen molar-refractivity contribution in [3.05, 3.63) is 45.1 Å². The summed E-state index contributed by atoms with van der Waals surface area (Å²) in [6.07, 6.45) is 7.44. The van der Waals surface area contributed by atoms with Crippen LogP contribution in [0.3, 0.4) is 0 Å². The van der Waals surface area contributed by atoms with Gasteiger partial charge in [0.2, 0.25) is 0 Å². The minimum atomic E-state index is 0.152. The third-order valence-corrected chi connectivity index (χ3v) is 11.0. The monoisotopic (exact) mass is 524 g/mol. The summed E-state index contributed by atoms with van der Waals surface area (Å²) in [6.45, 7) is 18.4. The van der Waals surface area contributed by atoms with E-state index in [1.165, 1.54) is 79.2 Å². The third-order valence-electron chi connectivity index (χ3n) is 7.22. The largest absolute Gasteiger partial charge is 0.172 e. The van der Waals surface area contributed by atoms with Crippen molar-refractivity contribution in [2.24, 2.45) is 0 Å². The van der Waals surface area contributed by atoms with Gasteiger partial charge in [-0.3, -0.25) is 0 Å². The summed E-state index contributed by atoms with van der Waals surface area (Å²) in [5, 5.41) is 0. The Morgan fingerprint density at radius 2 is 1.40 bits per heavy atom. The fourth-order valence-electron chi connectivity index (χ4n) is 4.44. The lowest BCUT2D eigenvalue weighted by molar-refractivity contribution is 0.516. The van der Waals surface area contributed by atoms with Gasteiger partial charge in [-0.1, -0.05) is 79.9 Å². The van der Waals surface area contributed by atoms with E-state index < -0.39 is 0 Å². The Labute approximate surface area is 224 Å². The van der Waals surface area contributed by atoms with Crippen LogP contribution in [-0.4, -0.2) is 8.75 Å². The lowest BCUT2D eigenvalue weighted by atomic mass is 9.87. The molecule has 3 aromatic heterocycles. The van der Waals surface area contributed by atoms with Crippen molar-refractivity contribution in [2.45, 2.75) is 105 Å². The topological polar surface area (TPSA) is 25.8 Å². The SMILES string of the molecule is CCCCCCc1cc(C(C)(C)CC)sc1-c1ccc(-c2sc(C(C)(C)C)cc2C)c2nsnc12. The standard InChI is InChI=1S/C30H40N2S3/c1-9-11-12-13-14-20-18-24(30(7,8)10-2)34-28(20)22-16-15-21(25-26(22)32-35-31-25)27-19(3)17-23(33-27)29(4,5)6/h15-18H,9-14H2,1-8H3. The molecule has 2 nitrogen and oxygen atoms in total. The van der Waals surface area contributed by atoms with Gasteiger partial charge in [0, 0.05) is 30.6 Å². The van der Waals surface area contributed by atoms with Gasteiger partial charge in [0.15, 0.2) is 0 Å². The Balaban J connectivity index is 1.82. The second kappa shape index (κ2) is 10.4. The van der Waals surface area contributed by atoms with Crippen LogP contribution in [-0.2, 0) is 17.3 Å². The van der Waals surface area contributed by atoms with Gasteiger partial charge in [0.05, 0.1) is 11.7 Å². The maximum Gasteiger partial charge on any atom is 0.114 e. The van der Waals surface area contributed by atoms with Gasteiger partial charge in [-0.05, 0) is 60.3 Å². The van der Waals surface area contributed by atoms with Crippen molar-refractivity contribution < 1.29 is 0 Å². The summed E-state index contributed by atoms with van der Waals surface area (Å²) in [7, 11) is 0. The number of unbranched alkanes of at least 4 members (excludes halogenated alkanes) is 3. The van der Waals surface area contributed by atoms with E-state index >= 15 is 0 Å². The molecule has 0 saturated heterocycles. The van der Waals surface area contributed by atoms with Crippen LogP contribution < -0.4 is 0 Å². The highest BCUT2D eigenvalue weighted by atomic mass is 32.1. The zero-order valence-corrected chi connectivity index (χ0v) is 25.1. The molecule has 0 amide bonds. The van der Waals surface area contributed by atoms with Crippen LogP contribution in [0.5, 0.6) is 0 Å². The molecule has 0 aliphatic heterocycles. The first-order chi connectivity index (χ1) is 16.6. The van der Waals surface area contributed by atoms with Crippen molar-refractivity contribution in [3.63, 3.8) is 0 Å². The molecule has 0 aliphatic rings. The molecule has 0 radical (unpaired) electrons. The maximum absolute atomic E-state index is 4.85. The summed E-state index contributed by atoms with van der Waals surface area (Å²) in [4.78, 5) is 5.65. The highest BCUT2D eigenvalue weighted by Crippen LogP contribution is 2.46. The smallest absolute Gasteiger partial charge is 0.114 e. The predicted molar refractivity (Wildman–Crippen MR) is 159 cm³/mol. The van der Waals surface area contributed by atoms with Gasteiger partial charge in [-0.15, -0.1) is 22.7 Å². The number of hydrogen-bond acceptors (Lipinski definition) is 5. The maximum atomic E-state index is 4.85. The zero-order chi connectivity index (χ0) is 25.4. The molecular formula is C30H40N2S3. The summed E-state index contributed by atoms with van der Waals surface area (Å²) in [6, 6.07) is 9.47. The first kappa shape index (κ1) is 26.5. The van der Waals surface area contributed by atoms with Crippen molar-refractivity contribution >= 4 is 45.4 Å². The number of benzene rings is 1. The molecule has 188 valence electrons. The molecule has 0 unspecified atom stereocenters. The molecule has 4 rings (SSSR count). The number of thiophene rings is 2. The predicted octanol–water partition coefficient (Wildman–Crippen LogP) is 10.6. The molecule has 0 atom stereocenters. The van der Waals surface area contributed by atoms with E-state index in [0.29, 0.717) is 0 Å². The van der Waals surface area contributed by atoms with Crippen LogP contribution in [0, 0.1) is 6.92 Å². The van der Waals surface area contributed by atoms with Gasteiger partial charge in [-0.25, -0.2) is 0 Å². The van der Waals surface area contributed by atoms with Gasteiger partial charge in [0.25, 0.3) is 0 Å². The van der Waals surface area contributed by atoms with Crippen LogP contribution in [0.1, 0.15) is 101 Å². The average Bonchev–Trinajstić information content (AvgIpc) is 3.54. The molecule has 0 N–H and O–H groups in total. The van der Waals surface area contributed by atoms with Crippen LogP contribution in [0.15, 0.2) is 24.3 Å². The molecule has 0 spiro atoms. The van der Waals surface area contributed by atoms with E-state index in [9.17, 15) is 0 Å². The first-order valence-electron chi connectivity index (χ1n) is 13.1. The number of nitrogens with zero attached hydrogens (tertiary/aromatic N) is 2. The quantitative estimate of drug-likeness (QED) is 0.203. The van der Waals surface area contributed by atoms with Crippen LogP contribution in [0.2, 0.25) is 0 Å². The lowest BCUT2D eigenvalue weighted by Gasteiger charge is -2.20. The summed E-state index contributed by atoms with van der Waals surface area (Å²) in [5.74, 6) is 0. The molecule has 3 heterocycles. The van der Waals surface area contributed by atoms with E-state index in [1.54, 1.807) is 0 Å². The van der Waals surface area contributed by atoms with Gasteiger partial charge in [-0.2, -0.15) is 8.75 Å². The fraction of sp³-hybridized carbons (Fsp3) is 0.533. The van der Waals surface area contributed by atoms with Crippen LogP contribution in [0.25, 0.3) is 31.9 Å².